The summed E-state index contributed by atoms with van der Waals surface area (Å²) in [5, 5.41) is 3.28. The first-order valence-corrected chi connectivity index (χ1v) is 12.1. The van der Waals surface area contributed by atoms with Crippen LogP contribution in [0.1, 0.15) is 45.6 Å². The van der Waals surface area contributed by atoms with Crippen LogP contribution < -0.4 is 11.1 Å². The second kappa shape index (κ2) is 9.51. The van der Waals surface area contributed by atoms with Crippen molar-refractivity contribution >= 4 is 68.4 Å². The molecule has 1 aliphatic heterocycles. The van der Waals surface area contributed by atoms with Crippen LogP contribution in [0.4, 0.5) is 9.39 Å². The summed E-state index contributed by atoms with van der Waals surface area (Å²) >= 11 is 7.85. The zero-order valence-corrected chi connectivity index (χ0v) is 19.4. The number of anilines is 1. The number of amides is 3. The fraction of sp³-hybridized carbons (Fsp3) is 0.273. The van der Waals surface area contributed by atoms with Gasteiger partial charge in [0.15, 0.2) is 0 Å². The van der Waals surface area contributed by atoms with Crippen molar-refractivity contribution in [2.45, 2.75) is 32.1 Å². The number of rotatable bonds is 6. The van der Waals surface area contributed by atoms with E-state index in [2.05, 4.69) is 5.32 Å². The Morgan fingerprint density at radius 1 is 1.22 bits per heavy atom. The second-order valence-corrected chi connectivity index (χ2v) is 10.2. The third-order valence-corrected chi connectivity index (χ3v) is 7.86. The van der Waals surface area contributed by atoms with E-state index in [1.165, 1.54) is 28.4 Å². The van der Waals surface area contributed by atoms with Gasteiger partial charge in [0.1, 0.15) is 15.1 Å². The van der Waals surface area contributed by atoms with Crippen LogP contribution >= 0.6 is 35.3 Å². The molecule has 10 heteroatoms. The molecular weight excluding hydrogens is 469 g/mol. The zero-order chi connectivity index (χ0) is 22.8. The predicted molar refractivity (Wildman–Crippen MR) is 129 cm³/mol. The average Bonchev–Trinajstić information content (AvgIpc) is 3.24. The Kier molecular flexibility index (Phi) is 6.73. The molecule has 2 heterocycles. The molecule has 0 atom stereocenters. The van der Waals surface area contributed by atoms with Crippen LogP contribution in [0.2, 0.25) is 0 Å². The van der Waals surface area contributed by atoms with Gasteiger partial charge in [-0.3, -0.25) is 19.3 Å². The molecule has 1 aromatic heterocycles. The summed E-state index contributed by atoms with van der Waals surface area (Å²) in [7, 11) is 0. The number of hydrogen-bond donors (Lipinski definition) is 2. The number of thiophene rings is 1. The molecule has 0 radical (unpaired) electrons. The standard InChI is InChI=1S/C22H20FN3O3S3/c23-13-7-5-12(6-8-13)11-16-21(29)26(22(30)32-16)10-9-17(27)25-20-18(19(24)28)14-3-1-2-4-15(14)31-20/h5-8,11H,1-4,9-10H2,(H2,24,28)(H,25,27)/b16-11+. The van der Waals surface area contributed by atoms with Crippen LogP contribution in [0, 0.1) is 5.82 Å². The number of primary amides is 1. The van der Waals surface area contributed by atoms with E-state index in [-0.39, 0.29) is 30.6 Å². The summed E-state index contributed by atoms with van der Waals surface area (Å²) in [6.07, 6.45) is 5.39. The normalized spacial score (nSPS) is 17.0. The maximum absolute atomic E-state index is 13.1. The Morgan fingerprint density at radius 3 is 2.66 bits per heavy atom. The van der Waals surface area contributed by atoms with Crippen molar-refractivity contribution < 1.29 is 18.8 Å². The van der Waals surface area contributed by atoms with E-state index in [9.17, 15) is 18.8 Å². The molecule has 1 saturated heterocycles. The predicted octanol–water partition coefficient (Wildman–Crippen LogP) is 4.09. The molecule has 0 bridgehead atoms. The van der Waals surface area contributed by atoms with Gasteiger partial charge in [-0.15, -0.1) is 11.3 Å². The minimum atomic E-state index is -0.539. The van der Waals surface area contributed by atoms with Crippen molar-refractivity contribution in [1.29, 1.82) is 0 Å². The van der Waals surface area contributed by atoms with E-state index in [4.69, 9.17) is 18.0 Å². The summed E-state index contributed by atoms with van der Waals surface area (Å²) in [5.41, 5.74) is 7.62. The Labute approximate surface area is 198 Å². The highest BCUT2D eigenvalue weighted by Crippen LogP contribution is 2.38. The average molecular weight is 490 g/mol. The number of hydrogen-bond acceptors (Lipinski definition) is 6. The number of nitrogens with one attached hydrogen (secondary N) is 1. The second-order valence-electron chi connectivity index (χ2n) is 7.46. The highest BCUT2D eigenvalue weighted by Gasteiger charge is 2.32. The van der Waals surface area contributed by atoms with E-state index in [1.807, 2.05) is 0 Å². The maximum atomic E-state index is 13.1. The van der Waals surface area contributed by atoms with E-state index in [0.29, 0.717) is 25.4 Å². The molecule has 1 aromatic carbocycles. The molecule has 6 nitrogen and oxygen atoms in total. The van der Waals surface area contributed by atoms with E-state index >= 15 is 0 Å². The lowest BCUT2D eigenvalue weighted by Gasteiger charge is -2.14. The molecule has 0 unspecified atom stereocenters. The molecule has 3 N–H and O–H groups in total. The molecule has 1 fully saturated rings. The third-order valence-electron chi connectivity index (χ3n) is 5.27. The number of carbonyl (C=O) groups excluding carboxylic acids is 3. The fourth-order valence-corrected chi connectivity index (χ4v) is 6.34. The van der Waals surface area contributed by atoms with Crippen LogP contribution in [0.3, 0.4) is 0 Å². The van der Waals surface area contributed by atoms with Gasteiger partial charge in [0, 0.05) is 17.8 Å². The SMILES string of the molecule is NC(=O)c1c(NC(=O)CCN2C(=O)/C(=C\c3ccc(F)cc3)SC2=S)sc2c1CCCC2. The van der Waals surface area contributed by atoms with Gasteiger partial charge < -0.3 is 11.1 Å². The monoisotopic (exact) mass is 489 g/mol. The molecule has 4 rings (SSSR count). The fourth-order valence-electron chi connectivity index (χ4n) is 3.72. The lowest BCUT2D eigenvalue weighted by Crippen LogP contribution is -2.31. The number of carbonyl (C=O) groups is 3. The lowest BCUT2D eigenvalue weighted by molar-refractivity contribution is -0.122. The highest BCUT2D eigenvalue weighted by atomic mass is 32.2. The molecule has 0 saturated carbocycles. The summed E-state index contributed by atoms with van der Waals surface area (Å²) in [6.45, 7) is 0.119. The van der Waals surface area contributed by atoms with E-state index in [1.54, 1.807) is 18.2 Å². The van der Waals surface area contributed by atoms with Crippen LogP contribution in [0.15, 0.2) is 29.2 Å². The summed E-state index contributed by atoms with van der Waals surface area (Å²) in [6, 6.07) is 5.79. The first-order valence-electron chi connectivity index (χ1n) is 10.1. The highest BCUT2D eigenvalue weighted by molar-refractivity contribution is 8.26. The van der Waals surface area contributed by atoms with Crippen molar-refractivity contribution in [2.75, 3.05) is 11.9 Å². The Hall–Kier alpha value is -2.56. The summed E-state index contributed by atoms with van der Waals surface area (Å²) in [4.78, 5) is 40.2. The number of fused-ring (bicyclic) bond motifs is 1. The molecule has 3 amide bonds. The number of benzene rings is 1. The molecule has 1 aliphatic carbocycles. The largest absolute Gasteiger partial charge is 0.365 e. The van der Waals surface area contributed by atoms with Crippen LogP contribution in [0.25, 0.3) is 6.08 Å². The Morgan fingerprint density at radius 2 is 1.94 bits per heavy atom. The van der Waals surface area contributed by atoms with Crippen molar-refractivity contribution in [3.8, 4) is 0 Å². The van der Waals surface area contributed by atoms with E-state index in [0.717, 1.165) is 47.9 Å². The topological polar surface area (TPSA) is 92.5 Å². The Bertz CT molecular complexity index is 1140. The van der Waals surface area contributed by atoms with Crippen molar-refractivity contribution in [3.63, 3.8) is 0 Å². The van der Waals surface area contributed by atoms with Crippen LogP contribution in [0.5, 0.6) is 0 Å². The molecule has 0 spiro atoms. The number of halogens is 1. The lowest BCUT2D eigenvalue weighted by atomic mass is 9.95. The quantitative estimate of drug-likeness (QED) is 0.471. The van der Waals surface area contributed by atoms with Gasteiger partial charge in [-0.1, -0.05) is 36.1 Å². The van der Waals surface area contributed by atoms with Gasteiger partial charge >= 0.3 is 0 Å². The third kappa shape index (κ3) is 4.77. The smallest absolute Gasteiger partial charge is 0.266 e. The van der Waals surface area contributed by atoms with Gasteiger partial charge in [-0.2, -0.15) is 0 Å². The molecular formula is C22H20FN3O3S3. The zero-order valence-electron chi connectivity index (χ0n) is 17.0. The molecule has 32 heavy (non-hydrogen) atoms. The minimum absolute atomic E-state index is 0.0248. The Balaban J connectivity index is 1.41. The number of aryl methyl sites for hydroxylation is 1. The van der Waals surface area contributed by atoms with Crippen molar-refractivity contribution in [3.05, 3.63) is 56.6 Å². The number of thiocarbonyl (C=S) groups is 1. The maximum Gasteiger partial charge on any atom is 0.266 e. The first-order chi connectivity index (χ1) is 15.3. The summed E-state index contributed by atoms with van der Waals surface area (Å²) in [5.74, 6) is -1.50. The van der Waals surface area contributed by atoms with Gasteiger partial charge in [0.25, 0.3) is 11.8 Å². The molecule has 2 aliphatic rings. The first kappa shape index (κ1) is 22.6. The van der Waals surface area contributed by atoms with Crippen molar-refractivity contribution in [2.24, 2.45) is 5.73 Å². The van der Waals surface area contributed by atoms with Gasteiger partial charge in [-0.05, 0) is 55.0 Å². The van der Waals surface area contributed by atoms with Gasteiger partial charge in [0.05, 0.1) is 10.5 Å². The number of nitrogens with zero attached hydrogens (tertiary/aromatic N) is 1. The van der Waals surface area contributed by atoms with Crippen LogP contribution in [-0.4, -0.2) is 33.5 Å². The molecule has 166 valence electrons. The summed E-state index contributed by atoms with van der Waals surface area (Å²) < 4.78 is 13.4. The van der Waals surface area contributed by atoms with Crippen molar-refractivity contribution in [1.82, 2.24) is 4.90 Å². The number of thioether (sulfide) groups is 1. The van der Waals surface area contributed by atoms with Gasteiger partial charge in [-0.25, -0.2) is 4.39 Å². The molecule has 2 aromatic rings. The minimum Gasteiger partial charge on any atom is -0.365 e. The van der Waals surface area contributed by atoms with E-state index < -0.39 is 5.91 Å². The van der Waals surface area contributed by atoms with Gasteiger partial charge in [0.2, 0.25) is 5.91 Å². The number of nitrogens with two attached hydrogens (primary N) is 1. The van der Waals surface area contributed by atoms with Crippen LogP contribution in [-0.2, 0) is 22.4 Å².